The molecule has 23 heavy (non-hydrogen) atoms. The number of hydrogen-bond donors (Lipinski definition) is 0. The number of amides is 1. The number of hydrogen-bond acceptors (Lipinski definition) is 3. The van der Waals surface area contributed by atoms with Gasteiger partial charge in [-0.3, -0.25) is 4.79 Å². The van der Waals surface area contributed by atoms with Crippen molar-refractivity contribution in [1.29, 1.82) is 0 Å². The smallest absolute Gasteiger partial charge is 0.254 e. The molecule has 0 aliphatic carbocycles. The quantitative estimate of drug-likeness (QED) is 0.867. The molecular weight excluding hydrogens is 290 g/mol. The van der Waals surface area contributed by atoms with Gasteiger partial charge in [-0.05, 0) is 50.2 Å². The largest absolute Gasteiger partial charge is 0.457 e. The molecule has 3 rings (SSSR count). The SMILES string of the molecule is C[C@@H]1CN(C(=O)c2ccc(Oc3ccccc3)cc2)C[C@H](C)O1. The van der Waals surface area contributed by atoms with Gasteiger partial charge in [0, 0.05) is 18.7 Å². The highest BCUT2D eigenvalue weighted by Crippen LogP contribution is 2.22. The van der Waals surface area contributed by atoms with Crippen LogP contribution in [0.1, 0.15) is 24.2 Å². The van der Waals surface area contributed by atoms with Gasteiger partial charge < -0.3 is 14.4 Å². The summed E-state index contributed by atoms with van der Waals surface area (Å²) < 4.78 is 11.4. The molecular formula is C19H21NO3. The topological polar surface area (TPSA) is 38.8 Å². The first-order valence-corrected chi connectivity index (χ1v) is 7.89. The fourth-order valence-corrected chi connectivity index (χ4v) is 2.82. The van der Waals surface area contributed by atoms with E-state index >= 15 is 0 Å². The van der Waals surface area contributed by atoms with E-state index in [1.807, 2.05) is 73.3 Å². The number of morpholine rings is 1. The average molecular weight is 311 g/mol. The van der Waals surface area contributed by atoms with Gasteiger partial charge in [-0.1, -0.05) is 18.2 Å². The third-order valence-corrected chi connectivity index (χ3v) is 3.79. The molecule has 1 fully saturated rings. The number of benzene rings is 2. The Bertz CT molecular complexity index is 644. The van der Waals surface area contributed by atoms with Gasteiger partial charge in [0.25, 0.3) is 5.91 Å². The highest BCUT2D eigenvalue weighted by molar-refractivity contribution is 5.94. The third-order valence-electron chi connectivity index (χ3n) is 3.79. The molecule has 1 saturated heterocycles. The Morgan fingerprint density at radius 2 is 1.52 bits per heavy atom. The molecule has 2 atom stereocenters. The minimum Gasteiger partial charge on any atom is -0.457 e. The van der Waals surface area contributed by atoms with Crippen molar-refractivity contribution in [3.63, 3.8) is 0 Å². The number of para-hydroxylation sites is 1. The molecule has 0 radical (unpaired) electrons. The molecule has 0 N–H and O–H groups in total. The van der Waals surface area contributed by atoms with Crippen molar-refractivity contribution in [2.75, 3.05) is 13.1 Å². The van der Waals surface area contributed by atoms with Crippen LogP contribution in [0.25, 0.3) is 0 Å². The van der Waals surface area contributed by atoms with E-state index in [9.17, 15) is 4.79 Å². The lowest BCUT2D eigenvalue weighted by atomic mass is 10.1. The molecule has 1 amide bonds. The van der Waals surface area contributed by atoms with Crippen molar-refractivity contribution in [3.05, 3.63) is 60.2 Å². The van der Waals surface area contributed by atoms with Crippen LogP contribution in [0.5, 0.6) is 11.5 Å². The Balaban J connectivity index is 1.68. The van der Waals surface area contributed by atoms with Gasteiger partial charge >= 0.3 is 0 Å². The van der Waals surface area contributed by atoms with E-state index in [-0.39, 0.29) is 18.1 Å². The molecule has 2 aromatic carbocycles. The maximum atomic E-state index is 12.6. The third kappa shape index (κ3) is 3.90. The van der Waals surface area contributed by atoms with E-state index in [2.05, 4.69) is 0 Å². The summed E-state index contributed by atoms with van der Waals surface area (Å²) >= 11 is 0. The van der Waals surface area contributed by atoms with E-state index in [1.165, 1.54) is 0 Å². The summed E-state index contributed by atoms with van der Waals surface area (Å²) in [4.78, 5) is 14.4. The van der Waals surface area contributed by atoms with Crippen LogP contribution >= 0.6 is 0 Å². The molecule has 0 unspecified atom stereocenters. The Morgan fingerprint density at radius 1 is 0.957 bits per heavy atom. The standard InChI is InChI=1S/C19H21NO3/c1-14-12-20(13-15(2)22-14)19(21)16-8-10-18(11-9-16)23-17-6-4-3-5-7-17/h3-11,14-15H,12-13H2,1-2H3/t14-,15+. The second-order valence-electron chi connectivity index (χ2n) is 5.91. The van der Waals surface area contributed by atoms with Crippen LogP contribution in [0.2, 0.25) is 0 Å². The summed E-state index contributed by atoms with van der Waals surface area (Å²) in [5.74, 6) is 1.54. The van der Waals surface area contributed by atoms with E-state index in [4.69, 9.17) is 9.47 Å². The van der Waals surface area contributed by atoms with Crippen LogP contribution < -0.4 is 4.74 Å². The van der Waals surface area contributed by atoms with Crippen molar-refractivity contribution in [2.45, 2.75) is 26.1 Å². The zero-order valence-electron chi connectivity index (χ0n) is 13.4. The van der Waals surface area contributed by atoms with E-state index in [0.29, 0.717) is 18.7 Å². The molecule has 1 aliphatic rings. The van der Waals surface area contributed by atoms with Crippen molar-refractivity contribution in [3.8, 4) is 11.5 Å². The number of rotatable bonds is 3. The summed E-state index contributed by atoms with van der Waals surface area (Å²) in [6.45, 7) is 5.25. The minimum absolute atomic E-state index is 0.0401. The lowest BCUT2D eigenvalue weighted by molar-refractivity contribution is -0.0586. The summed E-state index contributed by atoms with van der Waals surface area (Å²) in [6.07, 6.45) is 0.145. The number of nitrogens with zero attached hydrogens (tertiary/aromatic N) is 1. The van der Waals surface area contributed by atoms with Gasteiger partial charge in [-0.25, -0.2) is 0 Å². The Kier molecular flexibility index (Phi) is 4.63. The maximum absolute atomic E-state index is 12.6. The lowest BCUT2D eigenvalue weighted by Gasteiger charge is -2.35. The normalized spacial score (nSPS) is 21.0. The van der Waals surface area contributed by atoms with Gasteiger partial charge in [-0.2, -0.15) is 0 Å². The number of carbonyl (C=O) groups excluding carboxylic acids is 1. The fraction of sp³-hybridized carbons (Fsp3) is 0.316. The molecule has 4 heteroatoms. The summed E-state index contributed by atoms with van der Waals surface area (Å²) in [6, 6.07) is 16.9. The predicted molar refractivity (Wildman–Crippen MR) is 88.9 cm³/mol. The van der Waals surface area contributed by atoms with Crippen molar-refractivity contribution < 1.29 is 14.3 Å². The average Bonchev–Trinajstić information content (AvgIpc) is 2.55. The van der Waals surface area contributed by atoms with Crippen molar-refractivity contribution >= 4 is 5.91 Å². The monoisotopic (exact) mass is 311 g/mol. The first-order chi connectivity index (χ1) is 11.1. The second-order valence-corrected chi connectivity index (χ2v) is 5.91. The van der Waals surface area contributed by atoms with Crippen LogP contribution in [0.15, 0.2) is 54.6 Å². The first kappa shape index (κ1) is 15.6. The van der Waals surface area contributed by atoms with Crippen LogP contribution in [-0.2, 0) is 4.74 Å². The van der Waals surface area contributed by atoms with Crippen LogP contribution in [0.3, 0.4) is 0 Å². The number of ether oxygens (including phenoxy) is 2. The zero-order chi connectivity index (χ0) is 16.2. The van der Waals surface area contributed by atoms with Gasteiger partial charge in [0.05, 0.1) is 12.2 Å². The lowest BCUT2D eigenvalue weighted by Crippen LogP contribution is -2.48. The Hall–Kier alpha value is -2.33. The molecule has 0 spiro atoms. The number of carbonyl (C=O) groups is 1. The summed E-state index contributed by atoms with van der Waals surface area (Å²) in [5, 5.41) is 0. The summed E-state index contributed by atoms with van der Waals surface area (Å²) in [5.41, 5.74) is 0.673. The Labute approximate surface area is 136 Å². The molecule has 0 aromatic heterocycles. The fourth-order valence-electron chi connectivity index (χ4n) is 2.82. The van der Waals surface area contributed by atoms with Gasteiger partial charge in [0.1, 0.15) is 11.5 Å². The van der Waals surface area contributed by atoms with E-state index < -0.39 is 0 Å². The van der Waals surface area contributed by atoms with Gasteiger partial charge in [-0.15, -0.1) is 0 Å². The first-order valence-electron chi connectivity index (χ1n) is 7.89. The second kappa shape index (κ2) is 6.84. The van der Waals surface area contributed by atoms with Crippen molar-refractivity contribution in [2.24, 2.45) is 0 Å². The zero-order valence-corrected chi connectivity index (χ0v) is 13.4. The molecule has 120 valence electrons. The maximum Gasteiger partial charge on any atom is 0.254 e. The molecule has 4 nitrogen and oxygen atoms in total. The minimum atomic E-state index is 0.0401. The Morgan fingerprint density at radius 3 is 2.13 bits per heavy atom. The molecule has 0 bridgehead atoms. The van der Waals surface area contributed by atoms with Gasteiger partial charge in [0.2, 0.25) is 0 Å². The highest BCUT2D eigenvalue weighted by atomic mass is 16.5. The van der Waals surface area contributed by atoms with E-state index in [1.54, 1.807) is 0 Å². The molecule has 2 aromatic rings. The van der Waals surface area contributed by atoms with Crippen molar-refractivity contribution in [1.82, 2.24) is 4.90 Å². The predicted octanol–water partition coefficient (Wildman–Crippen LogP) is 3.73. The van der Waals surface area contributed by atoms with Crippen LogP contribution in [-0.4, -0.2) is 36.1 Å². The van der Waals surface area contributed by atoms with Gasteiger partial charge in [0.15, 0.2) is 0 Å². The van der Waals surface area contributed by atoms with Crippen LogP contribution in [0, 0.1) is 0 Å². The van der Waals surface area contributed by atoms with E-state index in [0.717, 1.165) is 11.5 Å². The molecule has 1 heterocycles. The highest BCUT2D eigenvalue weighted by Gasteiger charge is 2.26. The summed E-state index contributed by atoms with van der Waals surface area (Å²) in [7, 11) is 0. The molecule has 0 saturated carbocycles. The molecule has 1 aliphatic heterocycles. The van der Waals surface area contributed by atoms with Crippen LogP contribution in [0.4, 0.5) is 0 Å².